The number of nitrogens with one attached hydrogen (secondary N) is 1. The molecule has 3 rings (SSSR count). The molecule has 0 aliphatic heterocycles. The minimum Gasteiger partial charge on any atom is -0.459 e. The average Bonchev–Trinajstić information content (AvgIpc) is 2.88. The maximum Gasteiger partial charge on any atom is 0.134 e. The smallest absolute Gasteiger partial charge is 0.134 e. The number of fused-ring (bicyclic) bond motifs is 1. The predicted molar refractivity (Wildman–Crippen MR) is 82.4 cm³/mol. The van der Waals surface area contributed by atoms with Crippen molar-refractivity contribution >= 4 is 32.6 Å². The molecule has 0 atom stereocenters. The van der Waals surface area contributed by atoms with Gasteiger partial charge < -0.3 is 9.73 Å². The highest BCUT2D eigenvalue weighted by Gasteiger charge is 2.06. The number of anilines is 1. The van der Waals surface area contributed by atoms with Crippen molar-refractivity contribution < 1.29 is 4.42 Å². The fourth-order valence-corrected chi connectivity index (χ4v) is 2.43. The summed E-state index contributed by atoms with van der Waals surface area (Å²) in [5.41, 5.74) is 2.28. The van der Waals surface area contributed by atoms with Crippen molar-refractivity contribution in [2.45, 2.75) is 6.54 Å². The van der Waals surface area contributed by atoms with E-state index in [1.165, 1.54) is 0 Å². The van der Waals surface area contributed by atoms with E-state index in [0.717, 1.165) is 26.9 Å². The van der Waals surface area contributed by atoms with Crippen LogP contribution in [0.15, 0.2) is 57.4 Å². The van der Waals surface area contributed by atoms with Gasteiger partial charge in [-0.15, -0.1) is 0 Å². The molecule has 0 saturated carbocycles. The highest BCUT2D eigenvalue weighted by atomic mass is 79.9. The van der Waals surface area contributed by atoms with E-state index in [-0.39, 0.29) is 0 Å². The second-order valence-electron chi connectivity index (χ2n) is 4.41. The van der Waals surface area contributed by atoms with Crippen LogP contribution < -0.4 is 5.32 Å². The summed E-state index contributed by atoms with van der Waals surface area (Å²) in [6, 6.07) is 17.6. The van der Waals surface area contributed by atoms with Crippen LogP contribution in [0.3, 0.4) is 0 Å². The molecule has 2 aromatic carbocycles. The van der Waals surface area contributed by atoms with Crippen molar-refractivity contribution in [1.29, 1.82) is 5.26 Å². The van der Waals surface area contributed by atoms with E-state index in [2.05, 4.69) is 27.3 Å². The van der Waals surface area contributed by atoms with Gasteiger partial charge in [0.1, 0.15) is 17.4 Å². The van der Waals surface area contributed by atoms with Crippen molar-refractivity contribution in [3.05, 3.63) is 64.3 Å². The van der Waals surface area contributed by atoms with E-state index in [4.69, 9.17) is 9.68 Å². The lowest BCUT2D eigenvalue weighted by Crippen LogP contribution is -2.00. The Morgan fingerprint density at radius 3 is 2.80 bits per heavy atom. The van der Waals surface area contributed by atoms with Crippen molar-refractivity contribution in [3.8, 4) is 6.07 Å². The van der Waals surface area contributed by atoms with Crippen LogP contribution in [0.4, 0.5) is 5.69 Å². The molecule has 0 unspecified atom stereocenters. The van der Waals surface area contributed by atoms with Crippen LogP contribution in [-0.4, -0.2) is 0 Å². The first kappa shape index (κ1) is 12.8. The van der Waals surface area contributed by atoms with Crippen LogP contribution in [0.5, 0.6) is 0 Å². The number of nitriles is 1. The zero-order valence-corrected chi connectivity index (χ0v) is 12.1. The summed E-state index contributed by atoms with van der Waals surface area (Å²) in [5.74, 6) is 0.843. The van der Waals surface area contributed by atoms with Crippen LogP contribution in [0, 0.1) is 11.3 Å². The summed E-state index contributed by atoms with van der Waals surface area (Å²) in [6.45, 7) is 0.541. The van der Waals surface area contributed by atoms with Gasteiger partial charge in [-0.2, -0.15) is 5.26 Å². The van der Waals surface area contributed by atoms with Crippen molar-refractivity contribution in [2.75, 3.05) is 5.32 Å². The van der Waals surface area contributed by atoms with E-state index in [1.807, 2.05) is 42.5 Å². The zero-order valence-electron chi connectivity index (χ0n) is 10.6. The fraction of sp³-hybridized carbons (Fsp3) is 0.0625. The van der Waals surface area contributed by atoms with Crippen molar-refractivity contribution in [2.24, 2.45) is 0 Å². The second-order valence-corrected chi connectivity index (χ2v) is 5.32. The molecule has 0 saturated heterocycles. The maximum atomic E-state index is 9.09. The van der Waals surface area contributed by atoms with Gasteiger partial charge in [-0.1, -0.05) is 34.1 Å². The Bertz CT molecular complexity index is 769. The third-order valence-electron chi connectivity index (χ3n) is 3.03. The number of hydrogen-bond donors (Lipinski definition) is 1. The highest BCUT2D eigenvalue weighted by Crippen LogP contribution is 2.23. The molecular formula is C16H11BrN2O. The number of benzene rings is 2. The van der Waals surface area contributed by atoms with Gasteiger partial charge >= 0.3 is 0 Å². The first-order chi connectivity index (χ1) is 9.76. The molecule has 1 heterocycles. The van der Waals surface area contributed by atoms with E-state index >= 15 is 0 Å². The SMILES string of the molecule is N#Cc1ccc(Br)cc1NCc1cc2ccccc2o1. The van der Waals surface area contributed by atoms with E-state index < -0.39 is 0 Å². The molecular weight excluding hydrogens is 316 g/mol. The quantitative estimate of drug-likeness (QED) is 0.760. The van der Waals surface area contributed by atoms with Crippen LogP contribution in [0.25, 0.3) is 11.0 Å². The van der Waals surface area contributed by atoms with Gasteiger partial charge in [0, 0.05) is 9.86 Å². The molecule has 20 heavy (non-hydrogen) atoms. The van der Waals surface area contributed by atoms with Gasteiger partial charge in [0.25, 0.3) is 0 Å². The van der Waals surface area contributed by atoms with Crippen LogP contribution in [0.1, 0.15) is 11.3 Å². The zero-order chi connectivity index (χ0) is 13.9. The minimum atomic E-state index is 0.541. The Kier molecular flexibility index (Phi) is 3.44. The second kappa shape index (κ2) is 5.40. The van der Waals surface area contributed by atoms with E-state index in [0.29, 0.717) is 12.1 Å². The minimum absolute atomic E-state index is 0.541. The number of para-hydroxylation sites is 1. The number of hydrogen-bond acceptors (Lipinski definition) is 3. The Morgan fingerprint density at radius 1 is 1.15 bits per heavy atom. The Balaban J connectivity index is 1.83. The molecule has 1 aromatic heterocycles. The van der Waals surface area contributed by atoms with E-state index in [1.54, 1.807) is 6.07 Å². The van der Waals surface area contributed by atoms with Gasteiger partial charge in [-0.05, 0) is 30.3 Å². The molecule has 0 aliphatic rings. The van der Waals surface area contributed by atoms with E-state index in [9.17, 15) is 0 Å². The molecule has 0 radical (unpaired) electrons. The lowest BCUT2D eigenvalue weighted by molar-refractivity contribution is 0.559. The first-order valence-electron chi connectivity index (χ1n) is 6.17. The largest absolute Gasteiger partial charge is 0.459 e. The van der Waals surface area contributed by atoms with Gasteiger partial charge in [0.05, 0.1) is 17.8 Å². The van der Waals surface area contributed by atoms with Crippen molar-refractivity contribution in [1.82, 2.24) is 0 Å². The molecule has 3 aromatic rings. The summed E-state index contributed by atoms with van der Waals surface area (Å²) in [4.78, 5) is 0. The summed E-state index contributed by atoms with van der Waals surface area (Å²) in [6.07, 6.45) is 0. The summed E-state index contributed by atoms with van der Waals surface area (Å²) < 4.78 is 6.67. The number of rotatable bonds is 3. The van der Waals surface area contributed by atoms with Gasteiger partial charge in [-0.3, -0.25) is 0 Å². The van der Waals surface area contributed by atoms with Crippen LogP contribution >= 0.6 is 15.9 Å². The van der Waals surface area contributed by atoms with Crippen LogP contribution in [-0.2, 0) is 6.54 Å². The summed E-state index contributed by atoms with van der Waals surface area (Å²) >= 11 is 3.41. The molecule has 0 fully saturated rings. The maximum absolute atomic E-state index is 9.09. The summed E-state index contributed by atoms with van der Waals surface area (Å²) in [5, 5.41) is 13.4. The third-order valence-corrected chi connectivity index (χ3v) is 3.52. The normalized spacial score (nSPS) is 10.4. The van der Waals surface area contributed by atoms with Gasteiger partial charge in [0.15, 0.2) is 0 Å². The average molecular weight is 327 g/mol. The molecule has 0 aliphatic carbocycles. The Hall–Kier alpha value is -2.25. The number of nitrogens with zero attached hydrogens (tertiary/aromatic N) is 1. The molecule has 1 N–H and O–H groups in total. The monoisotopic (exact) mass is 326 g/mol. The molecule has 3 nitrogen and oxygen atoms in total. The highest BCUT2D eigenvalue weighted by molar-refractivity contribution is 9.10. The predicted octanol–water partition coefficient (Wildman–Crippen LogP) is 4.68. The molecule has 0 spiro atoms. The van der Waals surface area contributed by atoms with Crippen LogP contribution in [0.2, 0.25) is 0 Å². The lowest BCUT2D eigenvalue weighted by atomic mass is 10.2. The Labute approximate surface area is 125 Å². The fourth-order valence-electron chi connectivity index (χ4n) is 2.07. The molecule has 4 heteroatoms. The van der Waals surface area contributed by atoms with Gasteiger partial charge in [0.2, 0.25) is 0 Å². The first-order valence-corrected chi connectivity index (χ1v) is 6.96. The number of halogens is 1. The van der Waals surface area contributed by atoms with Crippen molar-refractivity contribution in [3.63, 3.8) is 0 Å². The Morgan fingerprint density at radius 2 is 2.00 bits per heavy atom. The topological polar surface area (TPSA) is 49.0 Å². The number of furan rings is 1. The summed E-state index contributed by atoms with van der Waals surface area (Å²) in [7, 11) is 0. The standard InChI is InChI=1S/C16H11BrN2O/c17-13-6-5-12(9-18)15(8-13)19-10-14-7-11-3-1-2-4-16(11)20-14/h1-8,19H,10H2. The molecule has 0 amide bonds. The molecule has 0 bridgehead atoms. The van der Waals surface area contributed by atoms with Gasteiger partial charge in [-0.25, -0.2) is 0 Å². The third kappa shape index (κ3) is 2.54. The lowest BCUT2D eigenvalue weighted by Gasteiger charge is -2.06. The molecule has 98 valence electrons.